The average molecular weight is 587 g/mol. The lowest BCUT2D eigenvalue weighted by Crippen LogP contribution is -1.96. The van der Waals surface area contributed by atoms with Crippen molar-refractivity contribution in [3.05, 3.63) is 158 Å². The lowest BCUT2D eigenvalue weighted by molar-refractivity contribution is 1.17. The standard InChI is InChI=1S/C42H26N4/c1-2-12-30(13-3-1)45-37-18-7-5-16-34(37)39-38(45)24-22-33-32-15-4-6-17-36(32)46(42(33)39)31-14-8-10-29(26-31)35-23-21-28-20-19-27-11-9-25-43-40(27)41(28)44-35/h1-26H. The summed E-state index contributed by atoms with van der Waals surface area (Å²) in [5.41, 5.74) is 10.9. The molecule has 6 aromatic carbocycles. The molecular formula is C42H26N4. The van der Waals surface area contributed by atoms with Gasteiger partial charge < -0.3 is 9.13 Å². The summed E-state index contributed by atoms with van der Waals surface area (Å²) in [5, 5.41) is 7.15. The predicted molar refractivity (Wildman–Crippen MR) is 191 cm³/mol. The molecule has 4 aromatic heterocycles. The Kier molecular flexibility index (Phi) is 5.25. The van der Waals surface area contributed by atoms with Crippen LogP contribution in [0.1, 0.15) is 0 Å². The maximum absolute atomic E-state index is 5.17. The van der Waals surface area contributed by atoms with Crippen LogP contribution in [-0.2, 0) is 0 Å². The molecule has 0 saturated carbocycles. The highest BCUT2D eigenvalue weighted by molar-refractivity contribution is 6.26. The van der Waals surface area contributed by atoms with E-state index in [-0.39, 0.29) is 0 Å². The number of hydrogen-bond donors (Lipinski definition) is 0. The molecule has 4 nitrogen and oxygen atoms in total. The number of nitrogens with zero attached hydrogens (tertiary/aromatic N) is 4. The Hall–Kier alpha value is -6.26. The van der Waals surface area contributed by atoms with Crippen LogP contribution in [0, 0.1) is 0 Å². The molecule has 0 spiro atoms. The summed E-state index contributed by atoms with van der Waals surface area (Å²) in [6.45, 7) is 0. The third-order valence-electron chi connectivity index (χ3n) is 9.32. The number of aromatic nitrogens is 4. The first kappa shape index (κ1) is 25.1. The molecule has 0 radical (unpaired) electrons. The van der Waals surface area contributed by atoms with Gasteiger partial charge in [-0.1, -0.05) is 97.1 Å². The van der Waals surface area contributed by atoms with Gasteiger partial charge in [0.15, 0.2) is 0 Å². The van der Waals surface area contributed by atoms with Gasteiger partial charge in [0, 0.05) is 55.5 Å². The Labute approximate surface area is 264 Å². The molecule has 0 aliphatic carbocycles. The van der Waals surface area contributed by atoms with E-state index >= 15 is 0 Å². The van der Waals surface area contributed by atoms with Gasteiger partial charge in [-0.25, -0.2) is 4.98 Å². The molecule has 0 N–H and O–H groups in total. The van der Waals surface area contributed by atoms with E-state index in [1.165, 1.54) is 43.6 Å². The Bertz CT molecular complexity index is 2810. The van der Waals surface area contributed by atoms with Crippen molar-refractivity contribution in [2.45, 2.75) is 0 Å². The smallest absolute Gasteiger partial charge is 0.0972 e. The summed E-state index contributed by atoms with van der Waals surface area (Å²) in [5.74, 6) is 0. The molecule has 10 rings (SSSR count). The number of hydrogen-bond acceptors (Lipinski definition) is 2. The van der Waals surface area contributed by atoms with Crippen molar-refractivity contribution >= 4 is 65.4 Å². The van der Waals surface area contributed by atoms with Crippen molar-refractivity contribution in [1.82, 2.24) is 19.1 Å². The van der Waals surface area contributed by atoms with E-state index in [1.807, 2.05) is 12.3 Å². The Balaban J connectivity index is 1.28. The van der Waals surface area contributed by atoms with Crippen LogP contribution in [0.25, 0.3) is 88.0 Å². The predicted octanol–water partition coefficient (Wildman–Crippen LogP) is 10.6. The van der Waals surface area contributed by atoms with Crippen molar-refractivity contribution in [2.75, 3.05) is 0 Å². The second-order valence-corrected chi connectivity index (χ2v) is 11.9. The molecule has 4 heterocycles. The molecule has 0 aliphatic rings. The molecule has 46 heavy (non-hydrogen) atoms. The second kappa shape index (κ2) is 9.62. The van der Waals surface area contributed by atoms with Gasteiger partial charge in [0.05, 0.1) is 38.8 Å². The zero-order valence-corrected chi connectivity index (χ0v) is 24.8. The van der Waals surface area contributed by atoms with Crippen LogP contribution in [0.4, 0.5) is 0 Å². The van der Waals surface area contributed by atoms with E-state index < -0.39 is 0 Å². The first-order valence-corrected chi connectivity index (χ1v) is 15.6. The van der Waals surface area contributed by atoms with Gasteiger partial charge in [-0.05, 0) is 54.6 Å². The summed E-state index contributed by atoms with van der Waals surface area (Å²) < 4.78 is 4.83. The topological polar surface area (TPSA) is 35.6 Å². The van der Waals surface area contributed by atoms with E-state index in [1.54, 1.807) is 0 Å². The third-order valence-corrected chi connectivity index (χ3v) is 9.32. The quantitative estimate of drug-likeness (QED) is 0.193. The van der Waals surface area contributed by atoms with Gasteiger partial charge in [0.1, 0.15) is 0 Å². The minimum atomic E-state index is 0.924. The van der Waals surface area contributed by atoms with Crippen molar-refractivity contribution in [2.24, 2.45) is 0 Å². The van der Waals surface area contributed by atoms with Crippen LogP contribution in [0.3, 0.4) is 0 Å². The fourth-order valence-electron chi connectivity index (χ4n) is 7.32. The zero-order chi connectivity index (χ0) is 30.2. The monoisotopic (exact) mass is 586 g/mol. The first-order chi connectivity index (χ1) is 22.8. The molecule has 4 heteroatoms. The van der Waals surface area contributed by atoms with Crippen LogP contribution in [0.5, 0.6) is 0 Å². The summed E-state index contributed by atoms with van der Waals surface area (Å²) in [6, 6.07) is 54.1. The van der Waals surface area contributed by atoms with Crippen LogP contribution in [0.2, 0.25) is 0 Å². The maximum atomic E-state index is 5.17. The van der Waals surface area contributed by atoms with Gasteiger partial charge in [0.25, 0.3) is 0 Å². The van der Waals surface area contributed by atoms with Gasteiger partial charge in [-0.3, -0.25) is 4.98 Å². The highest BCUT2D eigenvalue weighted by Gasteiger charge is 2.21. The summed E-state index contributed by atoms with van der Waals surface area (Å²) >= 11 is 0. The zero-order valence-electron chi connectivity index (χ0n) is 24.8. The Morgan fingerprint density at radius 1 is 0.435 bits per heavy atom. The molecule has 0 fully saturated rings. The Morgan fingerprint density at radius 2 is 1.15 bits per heavy atom. The molecule has 0 saturated heterocycles. The summed E-state index contributed by atoms with van der Waals surface area (Å²) in [4.78, 5) is 9.85. The van der Waals surface area contributed by atoms with Crippen molar-refractivity contribution in [1.29, 1.82) is 0 Å². The molecule has 0 aliphatic heterocycles. The fourth-order valence-corrected chi connectivity index (χ4v) is 7.32. The lowest BCUT2D eigenvalue weighted by Gasteiger charge is -2.12. The van der Waals surface area contributed by atoms with Crippen molar-refractivity contribution < 1.29 is 0 Å². The number of pyridine rings is 2. The summed E-state index contributed by atoms with van der Waals surface area (Å²) in [7, 11) is 0. The number of rotatable bonds is 3. The van der Waals surface area contributed by atoms with E-state index in [0.29, 0.717) is 0 Å². The van der Waals surface area contributed by atoms with Crippen LogP contribution >= 0.6 is 0 Å². The van der Waals surface area contributed by atoms with Crippen LogP contribution in [0.15, 0.2) is 158 Å². The number of fused-ring (bicyclic) bond motifs is 10. The largest absolute Gasteiger partial charge is 0.309 e. The second-order valence-electron chi connectivity index (χ2n) is 11.9. The number of para-hydroxylation sites is 3. The third kappa shape index (κ3) is 3.55. The van der Waals surface area contributed by atoms with E-state index in [9.17, 15) is 0 Å². The minimum Gasteiger partial charge on any atom is -0.309 e. The first-order valence-electron chi connectivity index (χ1n) is 15.6. The van der Waals surface area contributed by atoms with Crippen molar-refractivity contribution in [3.8, 4) is 22.6 Å². The van der Waals surface area contributed by atoms with Crippen LogP contribution in [-0.4, -0.2) is 19.1 Å². The lowest BCUT2D eigenvalue weighted by atomic mass is 10.1. The molecule has 214 valence electrons. The van der Waals surface area contributed by atoms with Gasteiger partial charge in [-0.2, -0.15) is 0 Å². The normalized spacial score (nSPS) is 11.9. The molecular weight excluding hydrogens is 560 g/mol. The van der Waals surface area contributed by atoms with Crippen LogP contribution < -0.4 is 0 Å². The molecule has 0 atom stereocenters. The SMILES string of the molecule is c1ccc(-n2c3ccccc3c3c2ccc2c4ccccc4n(-c4cccc(-c5ccc6ccc7cccnc7c6n5)c4)c23)cc1. The van der Waals surface area contributed by atoms with E-state index in [2.05, 4.69) is 160 Å². The van der Waals surface area contributed by atoms with E-state index in [4.69, 9.17) is 4.98 Å². The van der Waals surface area contributed by atoms with Gasteiger partial charge in [-0.15, -0.1) is 0 Å². The molecule has 0 bridgehead atoms. The van der Waals surface area contributed by atoms with Crippen molar-refractivity contribution in [3.63, 3.8) is 0 Å². The fraction of sp³-hybridized carbons (Fsp3) is 0. The maximum Gasteiger partial charge on any atom is 0.0972 e. The summed E-state index contributed by atoms with van der Waals surface area (Å²) in [6.07, 6.45) is 1.84. The van der Waals surface area contributed by atoms with Gasteiger partial charge in [0.2, 0.25) is 0 Å². The van der Waals surface area contributed by atoms with E-state index in [0.717, 1.165) is 44.4 Å². The molecule has 10 aromatic rings. The Morgan fingerprint density at radius 3 is 2.02 bits per heavy atom. The highest BCUT2D eigenvalue weighted by atomic mass is 15.0. The number of benzene rings is 6. The van der Waals surface area contributed by atoms with Gasteiger partial charge >= 0.3 is 0 Å². The highest BCUT2D eigenvalue weighted by Crippen LogP contribution is 2.42. The average Bonchev–Trinajstić information content (AvgIpc) is 3.65. The minimum absolute atomic E-state index is 0.924. The molecule has 0 unspecified atom stereocenters. The molecule has 0 amide bonds.